The number of methoxy groups -OCH3 is 1. The molecule has 0 spiro atoms. The van der Waals surface area contributed by atoms with Crippen molar-refractivity contribution in [3.8, 4) is 0 Å². The first-order valence-electron chi connectivity index (χ1n) is 5.61. The summed E-state index contributed by atoms with van der Waals surface area (Å²) >= 11 is 0. The maximum absolute atomic E-state index is 11.1. The number of hydrogen-bond donors (Lipinski definition) is 0. The van der Waals surface area contributed by atoms with Crippen LogP contribution in [0.25, 0.3) is 0 Å². The van der Waals surface area contributed by atoms with E-state index in [0.717, 1.165) is 25.6 Å². The fourth-order valence-corrected chi connectivity index (χ4v) is 1.75. The lowest BCUT2D eigenvalue weighted by Crippen LogP contribution is -2.33. The monoisotopic (exact) mass is 211 g/mol. The largest absolute Gasteiger partial charge is 0.466 e. The topological polar surface area (TPSA) is 29.5 Å². The van der Waals surface area contributed by atoms with E-state index in [1.165, 1.54) is 20.0 Å². The van der Waals surface area contributed by atoms with E-state index in [-0.39, 0.29) is 5.97 Å². The molecule has 0 N–H and O–H groups in total. The van der Waals surface area contributed by atoms with Crippen LogP contribution in [0, 0.1) is 5.92 Å². The number of piperidine rings is 1. The van der Waals surface area contributed by atoms with Gasteiger partial charge in [0.2, 0.25) is 0 Å². The van der Waals surface area contributed by atoms with Gasteiger partial charge in [0.1, 0.15) is 0 Å². The van der Waals surface area contributed by atoms with Gasteiger partial charge in [0.25, 0.3) is 0 Å². The number of nitrogens with zero attached hydrogens (tertiary/aromatic N) is 1. The Morgan fingerprint density at radius 3 is 2.60 bits per heavy atom. The fourth-order valence-electron chi connectivity index (χ4n) is 1.75. The van der Waals surface area contributed by atoms with Crippen LogP contribution in [-0.2, 0) is 9.53 Å². The predicted octanol–water partition coefficient (Wildman–Crippen LogP) is 1.84. The molecule has 1 fully saturated rings. The second-order valence-corrected chi connectivity index (χ2v) is 4.36. The summed E-state index contributed by atoms with van der Waals surface area (Å²) in [5.41, 5.74) is 0.705. The minimum Gasteiger partial charge on any atom is -0.466 e. The summed E-state index contributed by atoms with van der Waals surface area (Å²) in [5.74, 6) is 0.632. The molecule has 3 nitrogen and oxygen atoms in total. The Hall–Kier alpha value is -0.830. The van der Waals surface area contributed by atoms with Crippen LogP contribution >= 0.6 is 0 Å². The van der Waals surface area contributed by atoms with Gasteiger partial charge in [-0.1, -0.05) is 13.0 Å². The molecule has 0 aromatic heterocycles. The van der Waals surface area contributed by atoms with Gasteiger partial charge in [0.05, 0.1) is 7.11 Å². The summed E-state index contributed by atoms with van der Waals surface area (Å²) < 4.78 is 4.64. The average Bonchev–Trinajstić information content (AvgIpc) is 2.26. The first-order chi connectivity index (χ1) is 7.13. The van der Waals surface area contributed by atoms with Gasteiger partial charge in [-0.2, -0.15) is 0 Å². The van der Waals surface area contributed by atoms with E-state index < -0.39 is 0 Å². The highest BCUT2D eigenvalue weighted by molar-refractivity contribution is 5.87. The minimum atomic E-state index is -0.222. The van der Waals surface area contributed by atoms with Crippen molar-refractivity contribution in [1.82, 2.24) is 4.90 Å². The lowest BCUT2D eigenvalue weighted by Gasteiger charge is -2.29. The number of likely N-dealkylation sites (tertiary alicyclic amines) is 1. The average molecular weight is 211 g/mol. The van der Waals surface area contributed by atoms with Crippen LogP contribution in [0.4, 0.5) is 0 Å². The van der Waals surface area contributed by atoms with Gasteiger partial charge in [0, 0.05) is 12.1 Å². The molecule has 0 radical (unpaired) electrons. The Kier molecular flexibility index (Phi) is 4.82. The summed E-state index contributed by atoms with van der Waals surface area (Å²) in [6, 6.07) is 0. The molecule has 3 heteroatoms. The summed E-state index contributed by atoms with van der Waals surface area (Å²) in [7, 11) is 1.42. The lowest BCUT2D eigenvalue weighted by atomic mass is 9.99. The van der Waals surface area contributed by atoms with E-state index >= 15 is 0 Å². The molecule has 0 aromatic carbocycles. The Morgan fingerprint density at radius 2 is 2.07 bits per heavy atom. The molecule has 0 aromatic rings. The molecule has 86 valence electrons. The van der Waals surface area contributed by atoms with Gasteiger partial charge in [-0.25, -0.2) is 4.79 Å². The van der Waals surface area contributed by atoms with Crippen molar-refractivity contribution in [1.29, 1.82) is 0 Å². The zero-order chi connectivity index (χ0) is 11.3. The normalized spacial score (nSPS) is 20.3. The predicted molar refractivity (Wildman–Crippen MR) is 60.6 cm³/mol. The Bertz CT molecular complexity index is 240. The van der Waals surface area contributed by atoms with Gasteiger partial charge < -0.3 is 4.74 Å². The van der Waals surface area contributed by atoms with E-state index in [1.54, 1.807) is 6.92 Å². The smallest absolute Gasteiger partial charge is 0.333 e. The number of esters is 1. The SMILES string of the molecule is COC(=O)C(C)=CCN1CCC(C)CC1. The zero-order valence-corrected chi connectivity index (χ0v) is 9.95. The minimum absolute atomic E-state index is 0.222. The first-order valence-corrected chi connectivity index (χ1v) is 5.61. The highest BCUT2D eigenvalue weighted by Gasteiger charge is 2.14. The van der Waals surface area contributed by atoms with Crippen LogP contribution in [0.3, 0.4) is 0 Å². The summed E-state index contributed by atoms with van der Waals surface area (Å²) in [4.78, 5) is 13.5. The van der Waals surface area contributed by atoms with Crippen molar-refractivity contribution in [2.45, 2.75) is 26.7 Å². The molecular formula is C12H21NO2. The molecule has 1 aliphatic heterocycles. The van der Waals surface area contributed by atoms with Crippen molar-refractivity contribution in [2.24, 2.45) is 5.92 Å². The number of rotatable bonds is 3. The lowest BCUT2D eigenvalue weighted by molar-refractivity contribution is -0.136. The summed E-state index contributed by atoms with van der Waals surface area (Å²) in [6.45, 7) is 7.26. The molecule has 0 unspecified atom stereocenters. The van der Waals surface area contributed by atoms with Gasteiger partial charge in [-0.3, -0.25) is 4.90 Å². The molecule has 1 rings (SSSR count). The third-order valence-electron chi connectivity index (χ3n) is 3.04. The molecule has 0 atom stereocenters. The molecule has 15 heavy (non-hydrogen) atoms. The Balaban J connectivity index is 2.33. The van der Waals surface area contributed by atoms with Crippen molar-refractivity contribution < 1.29 is 9.53 Å². The maximum Gasteiger partial charge on any atom is 0.333 e. The number of carbonyl (C=O) groups is 1. The summed E-state index contributed by atoms with van der Waals surface area (Å²) in [6.07, 6.45) is 4.50. The van der Waals surface area contributed by atoms with Crippen molar-refractivity contribution in [3.05, 3.63) is 11.6 Å². The molecule has 0 aliphatic carbocycles. The molecule has 0 amide bonds. The maximum atomic E-state index is 11.1. The number of hydrogen-bond acceptors (Lipinski definition) is 3. The standard InChI is InChI=1S/C12H21NO2/c1-10-4-7-13(8-5-10)9-6-11(2)12(14)15-3/h6,10H,4-5,7-9H2,1-3H3. The van der Waals surface area contributed by atoms with Gasteiger partial charge >= 0.3 is 5.97 Å². The van der Waals surface area contributed by atoms with Crippen LogP contribution in [0.1, 0.15) is 26.7 Å². The van der Waals surface area contributed by atoms with E-state index in [4.69, 9.17) is 0 Å². The van der Waals surface area contributed by atoms with Crippen LogP contribution in [0.15, 0.2) is 11.6 Å². The van der Waals surface area contributed by atoms with Crippen LogP contribution in [0.5, 0.6) is 0 Å². The molecular weight excluding hydrogens is 190 g/mol. The van der Waals surface area contributed by atoms with Gasteiger partial charge in [-0.05, 0) is 38.8 Å². The highest BCUT2D eigenvalue weighted by Crippen LogP contribution is 2.15. The zero-order valence-electron chi connectivity index (χ0n) is 9.95. The number of ether oxygens (including phenoxy) is 1. The van der Waals surface area contributed by atoms with Crippen LogP contribution in [0.2, 0.25) is 0 Å². The van der Waals surface area contributed by atoms with Crippen LogP contribution in [-0.4, -0.2) is 37.6 Å². The van der Waals surface area contributed by atoms with Crippen molar-refractivity contribution >= 4 is 5.97 Å². The van der Waals surface area contributed by atoms with E-state index in [0.29, 0.717) is 5.57 Å². The highest BCUT2D eigenvalue weighted by atomic mass is 16.5. The fraction of sp³-hybridized carbons (Fsp3) is 0.750. The second kappa shape index (κ2) is 5.91. The first kappa shape index (κ1) is 12.2. The van der Waals surface area contributed by atoms with E-state index in [2.05, 4.69) is 16.6 Å². The number of carbonyl (C=O) groups excluding carboxylic acids is 1. The van der Waals surface area contributed by atoms with Crippen molar-refractivity contribution in [3.63, 3.8) is 0 Å². The molecule has 1 heterocycles. The summed E-state index contributed by atoms with van der Waals surface area (Å²) in [5, 5.41) is 0. The second-order valence-electron chi connectivity index (χ2n) is 4.36. The van der Waals surface area contributed by atoms with Gasteiger partial charge in [0.15, 0.2) is 0 Å². The Morgan fingerprint density at radius 1 is 1.47 bits per heavy atom. The third kappa shape index (κ3) is 4.04. The third-order valence-corrected chi connectivity index (χ3v) is 3.04. The quantitative estimate of drug-likeness (QED) is 0.527. The van der Waals surface area contributed by atoms with Crippen molar-refractivity contribution in [2.75, 3.05) is 26.7 Å². The van der Waals surface area contributed by atoms with Crippen LogP contribution < -0.4 is 0 Å². The molecule has 0 bridgehead atoms. The van der Waals surface area contributed by atoms with Gasteiger partial charge in [-0.15, -0.1) is 0 Å². The van der Waals surface area contributed by atoms with E-state index in [1.807, 2.05) is 6.08 Å². The molecule has 0 saturated carbocycles. The van der Waals surface area contributed by atoms with E-state index in [9.17, 15) is 4.79 Å². The molecule has 1 aliphatic rings. The molecule has 1 saturated heterocycles. The Labute approximate surface area is 92.1 Å².